The van der Waals surface area contributed by atoms with Gasteiger partial charge in [0, 0.05) is 6.42 Å². The molecule has 2 N–H and O–H groups in total. The number of hydrogen-bond acceptors (Lipinski definition) is 5. The predicted molar refractivity (Wildman–Crippen MR) is 72.0 cm³/mol. The number of esters is 2. The summed E-state index contributed by atoms with van der Waals surface area (Å²) in [5, 5.41) is 17.5. The van der Waals surface area contributed by atoms with Crippen LogP contribution in [0.1, 0.15) is 64.7 Å². The molecular weight excluding hydrogens is 264 g/mol. The number of carbonyl (C=O) groups is 3. The van der Waals surface area contributed by atoms with Crippen molar-refractivity contribution in [2.45, 2.75) is 70.8 Å². The van der Waals surface area contributed by atoms with Crippen LogP contribution in [-0.2, 0) is 19.1 Å². The Morgan fingerprint density at radius 3 is 2.10 bits per heavy atom. The van der Waals surface area contributed by atoms with Crippen LogP contribution in [0.25, 0.3) is 0 Å². The Kier molecular flexibility index (Phi) is 10.6. The van der Waals surface area contributed by atoms with Crippen LogP contribution < -0.4 is 0 Å². The molecule has 0 heterocycles. The molecule has 0 aliphatic rings. The molecule has 0 saturated heterocycles. The van der Waals surface area contributed by atoms with E-state index in [4.69, 9.17) is 10.2 Å². The molecular formula is C14H24O6. The van der Waals surface area contributed by atoms with Crippen molar-refractivity contribution in [3.05, 3.63) is 0 Å². The Labute approximate surface area is 119 Å². The predicted octanol–water partition coefficient (Wildman–Crippen LogP) is 2.03. The zero-order chi connectivity index (χ0) is 15.4. The lowest BCUT2D eigenvalue weighted by molar-refractivity contribution is -0.168. The van der Waals surface area contributed by atoms with Crippen LogP contribution in [0, 0.1) is 0 Å². The maximum absolute atomic E-state index is 11.3. The molecule has 0 bridgehead atoms. The lowest BCUT2D eigenvalue weighted by Gasteiger charge is -2.07. The number of carbonyl (C=O) groups excluding carboxylic acids is 2. The van der Waals surface area contributed by atoms with Crippen LogP contribution in [0.5, 0.6) is 0 Å². The van der Waals surface area contributed by atoms with E-state index in [1.54, 1.807) is 0 Å². The lowest BCUT2D eigenvalue weighted by atomic mass is 10.1. The molecule has 1 atom stereocenters. The molecule has 0 rings (SSSR count). The maximum atomic E-state index is 11.3. The number of aliphatic hydroxyl groups is 1. The van der Waals surface area contributed by atoms with Gasteiger partial charge in [0.1, 0.15) is 0 Å². The molecule has 6 heteroatoms. The minimum Gasteiger partial charge on any atom is -0.481 e. The molecule has 0 aromatic carbocycles. The second-order valence-electron chi connectivity index (χ2n) is 4.78. The minimum atomic E-state index is -1.79. The zero-order valence-electron chi connectivity index (χ0n) is 12.0. The van der Waals surface area contributed by atoms with Crippen molar-refractivity contribution in [1.82, 2.24) is 0 Å². The topological polar surface area (TPSA) is 101 Å². The smallest absolute Gasteiger partial charge is 0.343 e. The van der Waals surface area contributed by atoms with Crippen LogP contribution >= 0.6 is 0 Å². The average Bonchev–Trinajstić information content (AvgIpc) is 2.36. The first-order valence-electron chi connectivity index (χ1n) is 7.11. The van der Waals surface area contributed by atoms with Crippen molar-refractivity contribution in [3.8, 4) is 0 Å². The summed E-state index contributed by atoms with van der Waals surface area (Å²) >= 11 is 0. The third-order valence-electron chi connectivity index (χ3n) is 2.84. The SMILES string of the molecule is CCCCCCCCCC(=O)OC(=O)C(O)CC(=O)O. The van der Waals surface area contributed by atoms with Crippen molar-refractivity contribution < 1.29 is 29.3 Å². The molecule has 0 amide bonds. The van der Waals surface area contributed by atoms with Gasteiger partial charge in [-0.25, -0.2) is 4.79 Å². The van der Waals surface area contributed by atoms with Gasteiger partial charge in [-0.2, -0.15) is 0 Å². The van der Waals surface area contributed by atoms with Crippen molar-refractivity contribution in [3.63, 3.8) is 0 Å². The summed E-state index contributed by atoms with van der Waals surface area (Å²) in [6.45, 7) is 2.14. The van der Waals surface area contributed by atoms with Gasteiger partial charge in [0.25, 0.3) is 0 Å². The minimum absolute atomic E-state index is 0.110. The third kappa shape index (κ3) is 10.5. The molecule has 0 aliphatic carbocycles. The Hall–Kier alpha value is -1.43. The van der Waals surface area contributed by atoms with E-state index in [1.807, 2.05) is 0 Å². The van der Waals surface area contributed by atoms with Gasteiger partial charge in [-0.05, 0) is 6.42 Å². The quantitative estimate of drug-likeness (QED) is 0.343. The normalized spacial score (nSPS) is 11.9. The van der Waals surface area contributed by atoms with Gasteiger partial charge in [-0.15, -0.1) is 0 Å². The van der Waals surface area contributed by atoms with Crippen LogP contribution in [-0.4, -0.2) is 34.2 Å². The number of ether oxygens (including phenoxy) is 1. The van der Waals surface area contributed by atoms with E-state index in [1.165, 1.54) is 19.3 Å². The number of aliphatic hydroxyl groups excluding tert-OH is 1. The highest BCUT2D eigenvalue weighted by atomic mass is 16.6. The molecule has 116 valence electrons. The van der Waals surface area contributed by atoms with Crippen LogP contribution in [0.15, 0.2) is 0 Å². The Morgan fingerprint density at radius 1 is 1.00 bits per heavy atom. The van der Waals surface area contributed by atoms with E-state index in [0.717, 1.165) is 19.3 Å². The largest absolute Gasteiger partial charge is 0.481 e. The van der Waals surface area contributed by atoms with E-state index in [9.17, 15) is 14.4 Å². The summed E-state index contributed by atoms with van der Waals surface area (Å²) in [5.41, 5.74) is 0. The van der Waals surface area contributed by atoms with E-state index in [-0.39, 0.29) is 6.42 Å². The van der Waals surface area contributed by atoms with E-state index < -0.39 is 30.4 Å². The number of rotatable bonds is 11. The molecule has 0 radical (unpaired) electrons. The Balaban J connectivity index is 3.62. The van der Waals surface area contributed by atoms with E-state index in [0.29, 0.717) is 6.42 Å². The molecule has 0 spiro atoms. The summed E-state index contributed by atoms with van der Waals surface area (Å²) in [5.74, 6) is -3.23. The number of aliphatic carboxylic acids is 1. The molecule has 20 heavy (non-hydrogen) atoms. The summed E-state index contributed by atoms with van der Waals surface area (Å²) in [7, 11) is 0. The highest BCUT2D eigenvalue weighted by Gasteiger charge is 2.22. The Morgan fingerprint density at radius 2 is 1.55 bits per heavy atom. The summed E-state index contributed by atoms with van der Waals surface area (Å²) < 4.78 is 4.37. The molecule has 0 aromatic heterocycles. The van der Waals surface area contributed by atoms with Gasteiger partial charge < -0.3 is 14.9 Å². The molecule has 0 aliphatic heterocycles. The van der Waals surface area contributed by atoms with E-state index in [2.05, 4.69) is 11.7 Å². The second kappa shape index (κ2) is 11.4. The molecule has 0 aromatic rings. The van der Waals surface area contributed by atoms with Crippen LogP contribution in [0.3, 0.4) is 0 Å². The molecule has 1 unspecified atom stereocenters. The van der Waals surface area contributed by atoms with Gasteiger partial charge in [-0.1, -0.05) is 45.4 Å². The number of carboxylic acids is 1. The first-order valence-corrected chi connectivity index (χ1v) is 7.11. The average molecular weight is 288 g/mol. The molecule has 6 nitrogen and oxygen atoms in total. The monoisotopic (exact) mass is 288 g/mol. The van der Waals surface area contributed by atoms with Gasteiger partial charge in [-0.3, -0.25) is 9.59 Å². The van der Waals surface area contributed by atoms with E-state index >= 15 is 0 Å². The summed E-state index contributed by atoms with van der Waals surface area (Å²) in [6.07, 6.45) is 4.87. The van der Waals surface area contributed by atoms with Gasteiger partial charge in [0.2, 0.25) is 0 Å². The second-order valence-corrected chi connectivity index (χ2v) is 4.78. The highest BCUT2D eigenvalue weighted by Crippen LogP contribution is 2.09. The van der Waals surface area contributed by atoms with Gasteiger partial charge >= 0.3 is 17.9 Å². The Bertz CT molecular complexity index is 313. The molecule has 0 saturated carbocycles. The fraction of sp³-hybridized carbons (Fsp3) is 0.786. The number of carboxylic acid groups (broad SMARTS) is 1. The fourth-order valence-electron chi connectivity index (χ4n) is 1.71. The van der Waals surface area contributed by atoms with Gasteiger partial charge in [0.15, 0.2) is 6.10 Å². The van der Waals surface area contributed by atoms with Crippen LogP contribution in [0.2, 0.25) is 0 Å². The third-order valence-corrected chi connectivity index (χ3v) is 2.84. The standard InChI is InChI=1S/C14H24O6/c1-2-3-4-5-6-7-8-9-13(18)20-14(19)11(15)10-12(16)17/h11,15H,2-10H2,1H3,(H,16,17). The maximum Gasteiger partial charge on any atom is 0.343 e. The molecule has 0 fully saturated rings. The van der Waals surface area contributed by atoms with Crippen molar-refractivity contribution >= 4 is 17.9 Å². The van der Waals surface area contributed by atoms with Crippen molar-refractivity contribution in [2.75, 3.05) is 0 Å². The summed E-state index contributed by atoms with van der Waals surface area (Å²) in [6, 6.07) is 0. The fourth-order valence-corrected chi connectivity index (χ4v) is 1.71. The summed E-state index contributed by atoms with van der Waals surface area (Å²) in [4.78, 5) is 32.7. The first-order chi connectivity index (χ1) is 9.47. The first kappa shape index (κ1) is 18.6. The highest BCUT2D eigenvalue weighted by molar-refractivity contribution is 5.89. The lowest BCUT2D eigenvalue weighted by Crippen LogP contribution is -2.28. The van der Waals surface area contributed by atoms with Gasteiger partial charge in [0.05, 0.1) is 6.42 Å². The van der Waals surface area contributed by atoms with Crippen LogP contribution in [0.4, 0.5) is 0 Å². The van der Waals surface area contributed by atoms with Crippen molar-refractivity contribution in [2.24, 2.45) is 0 Å². The number of unbranched alkanes of at least 4 members (excludes halogenated alkanes) is 6. The number of hydrogen-bond donors (Lipinski definition) is 2. The zero-order valence-corrected chi connectivity index (χ0v) is 12.0. The van der Waals surface area contributed by atoms with Crippen molar-refractivity contribution in [1.29, 1.82) is 0 Å².